The molecule has 2 aromatic carbocycles. The maximum Gasteiger partial charge on any atom is 0.407 e. The Labute approximate surface area is 137 Å². The highest BCUT2D eigenvalue weighted by Gasteiger charge is 2.23. The minimum Gasteiger partial charge on any atom is -0.447 e. The number of amides is 1. The van der Waals surface area contributed by atoms with Crippen LogP contribution in [0.4, 0.5) is 4.79 Å². The Bertz CT molecular complexity index is 726. The van der Waals surface area contributed by atoms with Crippen LogP contribution >= 0.6 is 0 Å². The summed E-state index contributed by atoms with van der Waals surface area (Å²) in [4.78, 5) is 11.1. The van der Waals surface area contributed by atoms with E-state index in [9.17, 15) is 4.79 Å². The Hall–Kier alpha value is -2.99. The fourth-order valence-corrected chi connectivity index (χ4v) is 2.06. The number of benzene rings is 2. The maximum absolute atomic E-state index is 11.1. The number of hydrogen-bond donors (Lipinski definition) is 1. The van der Waals surface area contributed by atoms with Crippen LogP contribution in [-0.2, 0) is 4.74 Å². The lowest BCUT2D eigenvalue weighted by atomic mass is 10.0. The van der Waals surface area contributed by atoms with Crippen LogP contribution in [0.5, 0.6) is 0 Å². The molecule has 1 aliphatic rings. The minimum atomic E-state index is -0.365. The summed E-state index contributed by atoms with van der Waals surface area (Å²) in [7, 11) is 0. The molecule has 0 saturated carbocycles. The predicted molar refractivity (Wildman–Crippen MR) is 92.0 cm³/mol. The van der Waals surface area contributed by atoms with Gasteiger partial charge in [0.2, 0.25) is 0 Å². The molecule has 1 amide bonds. The van der Waals surface area contributed by atoms with Crippen molar-refractivity contribution in [1.82, 2.24) is 5.32 Å². The summed E-state index contributed by atoms with van der Waals surface area (Å²) in [5, 5.41) is 2.76. The summed E-state index contributed by atoms with van der Waals surface area (Å²) in [6.07, 6.45) is 1.38. The van der Waals surface area contributed by atoms with Crippen LogP contribution in [0.25, 0.3) is 0 Å². The van der Waals surface area contributed by atoms with E-state index in [1.54, 1.807) is 6.08 Å². The largest absolute Gasteiger partial charge is 0.447 e. The Balaban J connectivity index is 0.000000595. The zero-order valence-electron chi connectivity index (χ0n) is 13.1. The van der Waals surface area contributed by atoms with Crippen LogP contribution in [0.15, 0.2) is 67.3 Å². The Morgan fingerprint density at radius 1 is 1.13 bits per heavy atom. The zero-order valence-corrected chi connectivity index (χ0v) is 13.1. The molecule has 1 atom stereocenters. The van der Waals surface area contributed by atoms with Crippen molar-refractivity contribution in [2.75, 3.05) is 6.61 Å². The monoisotopic (exact) mass is 305 g/mol. The molecule has 0 unspecified atom stereocenters. The Morgan fingerprint density at radius 3 is 2.43 bits per heavy atom. The van der Waals surface area contributed by atoms with Gasteiger partial charge in [0.1, 0.15) is 6.61 Å². The fraction of sp³-hybridized carbons (Fsp3) is 0.150. The average Bonchev–Trinajstić information content (AvgIpc) is 3.02. The van der Waals surface area contributed by atoms with Crippen LogP contribution in [0.2, 0.25) is 0 Å². The van der Waals surface area contributed by atoms with Crippen molar-refractivity contribution in [3.8, 4) is 11.8 Å². The summed E-state index contributed by atoms with van der Waals surface area (Å²) in [6.45, 7) is 5.62. The highest BCUT2D eigenvalue weighted by Crippen LogP contribution is 2.18. The Kier molecular flexibility index (Phi) is 6.02. The summed E-state index contributed by atoms with van der Waals surface area (Å²) in [5.74, 6) is 6.25. The van der Waals surface area contributed by atoms with Gasteiger partial charge in [-0.2, -0.15) is 0 Å². The third-order valence-electron chi connectivity index (χ3n) is 3.09. The van der Waals surface area contributed by atoms with Crippen molar-refractivity contribution >= 4 is 6.09 Å². The van der Waals surface area contributed by atoms with E-state index in [-0.39, 0.29) is 12.1 Å². The molecule has 3 rings (SSSR count). The molecule has 1 heterocycles. The van der Waals surface area contributed by atoms with Crippen LogP contribution < -0.4 is 5.32 Å². The van der Waals surface area contributed by atoms with Gasteiger partial charge < -0.3 is 10.1 Å². The van der Waals surface area contributed by atoms with Crippen LogP contribution in [0.1, 0.15) is 29.7 Å². The molecule has 116 valence electrons. The van der Waals surface area contributed by atoms with Crippen LogP contribution in [0, 0.1) is 11.8 Å². The lowest BCUT2D eigenvalue weighted by Crippen LogP contribution is -2.18. The van der Waals surface area contributed by atoms with Crippen LogP contribution in [0.3, 0.4) is 0 Å². The molecule has 1 aliphatic heterocycles. The number of allylic oxidation sites excluding steroid dienone is 1. The van der Waals surface area contributed by atoms with Crippen molar-refractivity contribution in [2.24, 2.45) is 0 Å². The maximum atomic E-state index is 11.1. The van der Waals surface area contributed by atoms with Gasteiger partial charge in [-0.3, -0.25) is 0 Å². The van der Waals surface area contributed by atoms with Gasteiger partial charge in [0.05, 0.1) is 6.04 Å². The molecule has 23 heavy (non-hydrogen) atoms. The second kappa shape index (κ2) is 8.45. The standard InChI is InChI=1S/C17H13NO2.C3H6/c19-17-18-16(12-20-17)15-8-4-7-14(11-15)10-9-13-5-2-1-3-6-13;1-3-2/h1-8,11,16H,12H2,(H,18,19);3H,1H2,2H3/t16-;/m0./s1. The van der Waals surface area contributed by atoms with Crippen molar-refractivity contribution < 1.29 is 9.53 Å². The molecule has 0 radical (unpaired) electrons. The third kappa shape index (κ3) is 5.05. The number of carbonyl (C=O) groups excluding carboxylic acids is 1. The lowest BCUT2D eigenvalue weighted by molar-refractivity contribution is 0.177. The highest BCUT2D eigenvalue weighted by atomic mass is 16.6. The second-order valence-electron chi connectivity index (χ2n) is 4.95. The first kappa shape index (κ1) is 16.4. The zero-order chi connectivity index (χ0) is 16.5. The average molecular weight is 305 g/mol. The van der Waals surface area contributed by atoms with Gasteiger partial charge in [-0.05, 0) is 36.8 Å². The molecule has 2 aromatic rings. The van der Waals surface area contributed by atoms with Gasteiger partial charge in [-0.1, -0.05) is 48.2 Å². The first-order valence-electron chi connectivity index (χ1n) is 7.40. The number of rotatable bonds is 1. The number of nitrogens with one attached hydrogen (secondary N) is 1. The lowest BCUT2D eigenvalue weighted by Gasteiger charge is -2.07. The molecule has 1 saturated heterocycles. The van der Waals surface area contributed by atoms with E-state index in [1.165, 1.54) is 0 Å². The fourth-order valence-electron chi connectivity index (χ4n) is 2.06. The quantitative estimate of drug-likeness (QED) is 0.637. The minimum absolute atomic E-state index is 0.0824. The molecule has 0 aromatic heterocycles. The number of carbonyl (C=O) groups is 1. The first-order valence-corrected chi connectivity index (χ1v) is 7.40. The molecule has 1 fully saturated rings. The molecule has 1 N–H and O–H groups in total. The molecule has 0 aliphatic carbocycles. The predicted octanol–water partition coefficient (Wildman–Crippen LogP) is 4.06. The second-order valence-corrected chi connectivity index (χ2v) is 4.95. The van der Waals surface area contributed by atoms with E-state index in [1.807, 2.05) is 61.5 Å². The van der Waals surface area contributed by atoms with E-state index < -0.39 is 0 Å². The van der Waals surface area contributed by atoms with Gasteiger partial charge in [0, 0.05) is 11.1 Å². The van der Waals surface area contributed by atoms with Crippen molar-refractivity contribution in [3.05, 3.63) is 83.9 Å². The number of ether oxygens (including phenoxy) is 1. The molecule has 0 spiro atoms. The van der Waals surface area contributed by atoms with E-state index >= 15 is 0 Å². The smallest absolute Gasteiger partial charge is 0.407 e. The van der Waals surface area contributed by atoms with Gasteiger partial charge in [-0.15, -0.1) is 6.58 Å². The first-order chi connectivity index (χ1) is 11.2. The van der Waals surface area contributed by atoms with Gasteiger partial charge in [0.25, 0.3) is 0 Å². The van der Waals surface area contributed by atoms with E-state index in [0.717, 1.165) is 16.7 Å². The van der Waals surface area contributed by atoms with Crippen molar-refractivity contribution in [2.45, 2.75) is 13.0 Å². The van der Waals surface area contributed by atoms with Gasteiger partial charge in [-0.25, -0.2) is 4.79 Å². The normalized spacial score (nSPS) is 15.2. The van der Waals surface area contributed by atoms with Gasteiger partial charge in [0.15, 0.2) is 0 Å². The summed E-state index contributed by atoms with van der Waals surface area (Å²) >= 11 is 0. The summed E-state index contributed by atoms with van der Waals surface area (Å²) in [6, 6.07) is 17.6. The molecular formula is C20H19NO2. The van der Waals surface area contributed by atoms with E-state index in [0.29, 0.717) is 6.61 Å². The molecule has 0 bridgehead atoms. The summed E-state index contributed by atoms with van der Waals surface area (Å²) in [5.41, 5.74) is 2.92. The van der Waals surface area contributed by atoms with Gasteiger partial charge >= 0.3 is 6.09 Å². The molecule has 3 heteroatoms. The number of hydrogen-bond acceptors (Lipinski definition) is 2. The van der Waals surface area contributed by atoms with Crippen LogP contribution in [-0.4, -0.2) is 12.7 Å². The van der Waals surface area contributed by atoms with Crippen molar-refractivity contribution in [3.63, 3.8) is 0 Å². The van der Waals surface area contributed by atoms with E-state index in [2.05, 4.69) is 23.7 Å². The molecular weight excluding hydrogens is 286 g/mol. The topological polar surface area (TPSA) is 38.3 Å². The number of cyclic esters (lactones) is 1. The van der Waals surface area contributed by atoms with E-state index in [4.69, 9.17) is 4.74 Å². The Morgan fingerprint density at radius 2 is 1.78 bits per heavy atom. The third-order valence-corrected chi connectivity index (χ3v) is 3.09. The SMILES string of the molecule is C=CC.O=C1N[C@H](c2cccc(C#Cc3ccccc3)c2)CO1. The highest BCUT2D eigenvalue weighted by molar-refractivity contribution is 5.70. The number of alkyl carbamates (subject to hydrolysis) is 1. The molecule has 3 nitrogen and oxygen atoms in total. The van der Waals surface area contributed by atoms with Crippen molar-refractivity contribution in [1.29, 1.82) is 0 Å². The summed E-state index contributed by atoms with van der Waals surface area (Å²) < 4.78 is 4.90.